The molecule has 0 unspecified atom stereocenters. The van der Waals surface area contributed by atoms with Crippen LogP contribution in [0.3, 0.4) is 0 Å². The van der Waals surface area contributed by atoms with Gasteiger partial charge in [-0.05, 0) is 44.9 Å². The van der Waals surface area contributed by atoms with Crippen molar-refractivity contribution >= 4 is 17.6 Å². The summed E-state index contributed by atoms with van der Waals surface area (Å²) >= 11 is 0. The summed E-state index contributed by atoms with van der Waals surface area (Å²) in [5.41, 5.74) is 2.97. The molecule has 2 N–H and O–H groups in total. The maximum absolute atomic E-state index is 12.3. The first kappa shape index (κ1) is 17.0. The Hall–Kier alpha value is -2.83. The molecule has 1 aliphatic rings. The number of hydrogen-bond acceptors (Lipinski definition) is 4. The highest BCUT2D eigenvalue weighted by molar-refractivity contribution is 5.94. The van der Waals surface area contributed by atoms with Gasteiger partial charge in [0.25, 0.3) is 5.91 Å². The Bertz CT molecular complexity index is 750. The maximum atomic E-state index is 12.3. The molecule has 0 radical (unpaired) electrons. The number of piperidine rings is 1. The summed E-state index contributed by atoms with van der Waals surface area (Å²) in [4.78, 5) is 30.6. The van der Waals surface area contributed by atoms with Crippen molar-refractivity contribution in [3.8, 4) is 0 Å². The molecule has 0 aliphatic carbocycles. The first-order chi connectivity index (χ1) is 12.0. The third-order valence-corrected chi connectivity index (χ3v) is 4.36. The number of furan rings is 1. The molecule has 3 heterocycles. The number of carbonyl (C=O) groups is 2. The van der Waals surface area contributed by atoms with Crippen molar-refractivity contribution in [2.45, 2.75) is 32.7 Å². The molecule has 1 saturated heterocycles. The maximum Gasteiger partial charge on any atom is 0.319 e. The number of hydrogen-bond donors (Lipinski definition) is 2. The van der Waals surface area contributed by atoms with E-state index in [1.807, 2.05) is 26.0 Å². The van der Waals surface area contributed by atoms with E-state index in [-0.39, 0.29) is 18.0 Å². The van der Waals surface area contributed by atoms with Crippen LogP contribution in [0, 0.1) is 13.8 Å². The van der Waals surface area contributed by atoms with E-state index in [9.17, 15) is 9.59 Å². The third-order valence-electron chi connectivity index (χ3n) is 4.36. The fraction of sp³-hybridized carbons (Fsp3) is 0.389. The van der Waals surface area contributed by atoms with Crippen LogP contribution in [0.1, 0.15) is 34.6 Å². The Balaban J connectivity index is 1.48. The van der Waals surface area contributed by atoms with Gasteiger partial charge in [-0.3, -0.25) is 9.78 Å². The monoisotopic (exact) mass is 342 g/mol. The molecule has 0 spiro atoms. The third kappa shape index (κ3) is 4.17. The number of likely N-dealkylation sites (tertiary alicyclic amines) is 1. The number of nitrogens with zero attached hydrogens (tertiary/aromatic N) is 2. The van der Waals surface area contributed by atoms with Gasteiger partial charge in [-0.1, -0.05) is 0 Å². The number of aromatic nitrogens is 1. The van der Waals surface area contributed by atoms with Crippen molar-refractivity contribution < 1.29 is 14.0 Å². The van der Waals surface area contributed by atoms with Crippen LogP contribution in [0.5, 0.6) is 0 Å². The Kier molecular flexibility index (Phi) is 5.02. The molecule has 1 aliphatic heterocycles. The first-order valence-corrected chi connectivity index (χ1v) is 8.36. The van der Waals surface area contributed by atoms with Crippen LogP contribution in [-0.4, -0.2) is 41.0 Å². The molecule has 132 valence electrons. The minimum absolute atomic E-state index is 0.0296. The van der Waals surface area contributed by atoms with E-state index in [2.05, 4.69) is 15.6 Å². The lowest BCUT2D eigenvalue weighted by molar-refractivity contribution is 0.0708. The van der Waals surface area contributed by atoms with Crippen molar-refractivity contribution in [2.24, 2.45) is 0 Å². The molecule has 3 amide bonds. The summed E-state index contributed by atoms with van der Waals surface area (Å²) in [6, 6.07) is 5.19. The first-order valence-electron chi connectivity index (χ1n) is 8.36. The van der Waals surface area contributed by atoms with Gasteiger partial charge in [0, 0.05) is 24.8 Å². The molecule has 1 fully saturated rings. The molecule has 2 aromatic rings. The number of rotatable bonds is 3. The lowest BCUT2D eigenvalue weighted by Gasteiger charge is -2.32. The van der Waals surface area contributed by atoms with E-state index in [0.717, 1.165) is 24.2 Å². The summed E-state index contributed by atoms with van der Waals surface area (Å²) in [5, 5.41) is 5.80. The van der Waals surface area contributed by atoms with Crippen molar-refractivity contribution in [3.63, 3.8) is 0 Å². The number of pyridine rings is 1. The smallest absolute Gasteiger partial charge is 0.319 e. The zero-order valence-corrected chi connectivity index (χ0v) is 14.4. The molecule has 0 atom stereocenters. The normalized spacial score (nSPS) is 15.0. The Morgan fingerprint density at radius 2 is 1.96 bits per heavy atom. The van der Waals surface area contributed by atoms with Crippen LogP contribution < -0.4 is 10.6 Å². The number of carbonyl (C=O) groups excluding carboxylic acids is 2. The number of amides is 3. The summed E-state index contributed by atoms with van der Waals surface area (Å²) in [5.74, 6) is -0.0296. The molecule has 0 aromatic carbocycles. The van der Waals surface area contributed by atoms with Crippen LogP contribution in [0.2, 0.25) is 0 Å². The molecular formula is C18H22N4O3. The van der Waals surface area contributed by atoms with Crippen LogP contribution in [0.15, 0.2) is 35.1 Å². The molecule has 7 nitrogen and oxygen atoms in total. The largest absolute Gasteiger partial charge is 0.472 e. The van der Waals surface area contributed by atoms with Crippen LogP contribution in [-0.2, 0) is 0 Å². The van der Waals surface area contributed by atoms with Gasteiger partial charge in [-0.2, -0.15) is 0 Å². The predicted octanol–water partition coefficient (Wildman–Crippen LogP) is 2.72. The molecular weight excluding hydrogens is 320 g/mol. The Morgan fingerprint density at radius 1 is 1.20 bits per heavy atom. The predicted molar refractivity (Wildman–Crippen MR) is 93.5 cm³/mol. The summed E-state index contributed by atoms with van der Waals surface area (Å²) in [7, 11) is 0. The highest BCUT2D eigenvalue weighted by atomic mass is 16.3. The van der Waals surface area contributed by atoms with Crippen molar-refractivity contribution in [3.05, 3.63) is 47.7 Å². The fourth-order valence-electron chi connectivity index (χ4n) is 2.96. The lowest BCUT2D eigenvalue weighted by atomic mass is 10.0. The average Bonchev–Trinajstić information content (AvgIpc) is 3.12. The Labute approximate surface area is 146 Å². The molecule has 2 aromatic heterocycles. The quantitative estimate of drug-likeness (QED) is 0.898. The SMILES string of the molecule is Cc1ccc(NC(=O)NC2CCN(C(=O)c3ccoc3)CC2)c(C)n1. The zero-order chi connectivity index (χ0) is 17.8. The summed E-state index contributed by atoms with van der Waals surface area (Å²) in [6.45, 7) is 5.00. The molecule has 0 saturated carbocycles. The van der Waals surface area contributed by atoms with Crippen LogP contribution >= 0.6 is 0 Å². The molecule has 25 heavy (non-hydrogen) atoms. The summed E-state index contributed by atoms with van der Waals surface area (Å²) in [6.07, 6.45) is 4.40. The van der Waals surface area contributed by atoms with Crippen molar-refractivity contribution in [1.29, 1.82) is 0 Å². The minimum atomic E-state index is -0.242. The van der Waals surface area contributed by atoms with Gasteiger partial charge in [-0.15, -0.1) is 0 Å². The number of urea groups is 1. The van der Waals surface area contributed by atoms with Gasteiger partial charge in [0.15, 0.2) is 0 Å². The van der Waals surface area contributed by atoms with Gasteiger partial charge in [0.05, 0.1) is 23.2 Å². The number of aryl methyl sites for hydroxylation is 2. The fourth-order valence-corrected chi connectivity index (χ4v) is 2.96. The van der Waals surface area contributed by atoms with E-state index in [4.69, 9.17) is 4.42 Å². The standard InChI is InChI=1S/C18H22N4O3/c1-12-3-4-16(13(2)19-12)21-18(24)20-15-5-8-22(9-6-15)17(23)14-7-10-25-11-14/h3-4,7,10-11,15H,5-6,8-9H2,1-2H3,(H2,20,21,24). The topological polar surface area (TPSA) is 87.5 Å². The minimum Gasteiger partial charge on any atom is -0.472 e. The van der Waals surface area contributed by atoms with E-state index in [1.165, 1.54) is 12.5 Å². The second-order valence-electron chi connectivity index (χ2n) is 6.26. The van der Waals surface area contributed by atoms with E-state index in [0.29, 0.717) is 24.3 Å². The molecule has 3 rings (SSSR count). The molecule has 7 heteroatoms. The Morgan fingerprint density at radius 3 is 2.60 bits per heavy atom. The van der Waals surface area contributed by atoms with Gasteiger partial charge >= 0.3 is 6.03 Å². The van der Waals surface area contributed by atoms with Gasteiger partial charge in [-0.25, -0.2) is 4.79 Å². The van der Waals surface area contributed by atoms with E-state index in [1.54, 1.807) is 11.0 Å². The van der Waals surface area contributed by atoms with Gasteiger partial charge in [0.2, 0.25) is 0 Å². The van der Waals surface area contributed by atoms with E-state index < -0.39 is 0 Å². The lowest BCUT2D eigenvalue weighted by Crippen LogP contribution is -2.47. The zero-order valence-electron chi connectivity index (χ0n) is 14.4. The van der Waals surface area contributed by atoms with E-state index >= 15 is 0 Å². The highest BCUT2D eigenvalue weighted by Gasteiger charge is 2.25. The number of nitrogens with one attached hydrogen (secondary N) is 2. The van der Waals surface area contributed by atoms with Gasteiger partial charge in [0.1, 0.15) is 6.26 Å². The van der Waals surface area contributed by atoms with Crippen molar-refractivity contribution in [2.75, 3.05) is 18.4 Å². The summed E-state index contributed by atoms with van der Waals surface area (Å²) < 4.78 is 4.96. The van der Waals surface area contributed by atoms with Crippen LogP contribution in [0.25, 0.3) is 0 Å². The highest BCUT2D eigenvalue weighted by Crippen LogP contribution is 2.16. The molecule has 0 bridgehead atoms. The average molecular weight is 342 g/mol. The number of anilines is 1. The van der Waals surface area contributed by atoms with Crippen LogP contribution in [0.4, 0.5) is 10.5 Å². The second kappa shape index (κ2) is 7.38. The van der Waals surface area contributed by atoms with Gasteiger partial charge < -0.3 is 20.0 Å². The second-order valence-corrected chi connectivity index (χ2v) is 6.26. The van der Waals surface area contributed by atoms with Crippen molar-refractivity contribution in [1.82, 2.24) is 15.2 Å².